The third kappa shape index (κ3) is 4.41. The van der Waals surface area contributed by atoms with Crippen LogP contribution in [0.4, 0.5) is 14.5 Å². The zero-order valence-corrected chi connectivity index (χ0v) is 12.0. The van der Waals surface area contributed by atoms with Gasteiger partial charge in [0, 0.05) is 12.1 Å². The average Bonchev–Trinajstić information content (AvgIpc) is 2.50. The van der Waals surface area contributed by atoms with Crippen LogP contribution >= 0.6 is 0 Å². The molecule has 22 heavy (non-hydrogen) atoms. The van der Waals surface area contributed by atoms with Gasteiger partial charge in [-0.05, 0) is 42.8 Å². The van der Waals surface area contributed by atoms with Crippen LogP contribution in [0.15, 0.2) is 48.5 Å². The molecule has 0 unspecified atom stereocenters. The Labute approximate surface area is 127 Å². The Balaban J connectivity index is 1.98. The van der Waals surface area contributed by atoms with Crippen molar-refractivity contribution in [1.29, 1.82) is 0 Å². The summed E-state index contributed by atoms with van der Waals surface area (Å²) in [5, 5.41) is 2.35. The minimum atomic E-state index is -0.817. The molecule has 1 N–H and O–H groups in total. The van der Waals surface area contributed by atoms with E-state index in [2.05, 4.69) is 5.32 Å². The Morgan fingerprint density at radius 1 is 1.18 bits per heavy atom. The Kier molecular flexibility index (Phi) is 5.25. The molecule has 0 aliphatic rings. The first-order chi connectivity index (χ1) is 10.6. The van der Waals surface area contributed by atoms with E-state index in [0.29, 0.717) is 12.7 Å². The van der Waals surface area contributed by atoms with E-state index in [1.807, 2.05) is 6.92 Å². The summed E-state index contributed by atoms with van der Waals surface area (Å²) < 4.78 is 31.5. The molecule has 2 aromatic carbocycles. The van der Waals surface area contributed by atoms with Gasteiger partial charge in [0.2, 0.25) is 5.91 Å². The first kappa shape index (κ1) is 15.7. The van der Waals surface area contributed by atoms with Gasteiger partial charge in [-0.3, -0.25) is 4.79 Å². The number of hydrogen-bond donors (Lipinski definition) is 1. The van der Waals surface area contributed by atoms with Crippen molar-refractivity contribution >= 4 is 17.7 Å². The molecule has 0 saturated heterocycles. The van der Waals surface area contributed by atoms with Gasteiger partial charge in [-0.1, -0.05) is 12.1 Å². The van der Waals surface area contributed by atoms with E-state index >= 15 is 0 Å². The third-order valence-corrected chi connectivity index (χ3v) is 2.81. The predicted molar refractivity (Wildman–Crippen MR) is 81.6 cm³/mol. The standard InChI is InChI=1S/C17H15F2NO2/c1-2-22-14-7-3-12(4-8-14)5-10-17(21)20-16-9-6-13(18)11-15(16)19/h3-11H,2H2,1H3,(H,20,21)/b10-5-. The molecule has 114 valence electrons. The maximum Gasteiger partial charge on any atom is 0.248 e. The van der Waals surface area contributed by atoms with Gasteiger partial charge in [0.1, 0.15) is 17.4 Å². The quantitative estimate of drug-likeness (QED) is 0.847. The Morgan fingerprint density at radius 3 is 2.55 bits per heavy atom. The lowest BCUT2D eigenvalue weighted by atomic mass is 10.2. The summed E-state index contributed by atoms with van der Waals surface area (Å²) in [5.41, 5.74) is 0.737. The lowest BCUT2D eigenvalue weighted by Gasteiger charge is -2.04. The van der Waals surface area contributed by atoms with Crippen molar-refractivity contribution in [3.63, 3.8) is 0 Å². The largest absolute Gasteiger partial charge is 0.494 e. The van der Waals surface area contributed by atoms with Crippen molar-refractivity contribution in [1.82, 2.24) is 0 Å². The fourth-order valence-corrected chi connectivity index (χ4v) is 1.78. The second-order valence-corrected chi connectivity index (χ2v) is 4.45. The van der Waals surface area contributed by atoms with Gasteiger partial charge in [-0.25, -0.2) is 8.78 Å². The molecule has 0 bridgehead atoms. The van der Waals surface area contributed by atoms with E-state index in [4.69, 9.17) is 4.74 Å². The molecule has 2 aromatic rings. The molecule has 0 fully saturated rings. The molecule has 0 aromatic heterocycles. The SMILES string of the molecule is CCOc1ccc(/C=C\C(=O)Nc2ccc(F)cc2F)cc1. The molecule has 5 heteroatoms. The number of hydrogen-bond acceptors (Lipinski definition) is 2. The van der Waals surface area contributed by atoms with Crippen molar-refractivity contribution in [3.8, 4) is 5.75 Å². The summed E-state index contributed by atoms with van der Waals surface area (Å²) in [7, 11) is 0. The number of anilines is 1. The van der Waals surface area contributed by atoms with Crippen molar-refractivity contribution in [2.45, 2.75) is 6.92 Å². The summed E-state index contributed by atoms with van der Waals surface area (Å²) in [6.45, 7) is 2.48. The maximum atomic E-state index is 13.4. The minimum absolute atomic E-state index is 0.0669. The van der Waals surface area contributed by atoms with Crippen LogP contribution in [-0.4, -0.2) is 12.5 Å². The summed E-state index contributed by atoms with van der Waals surface area (Å²) in [6, 6.07) is 10.1. The van der Waals surface area contributed by atoms with Gasteiger partial charge >= 0.3 is 0 Å². The first-order valence-corrected chi connectivity index (χ1v) is 6.75. The highest BCUT2D eigenvalue weighted by molar-refractivity contribution is 6.01. The zero-order valence-electron chi connectivity index (χ0n) is 12.0. The van der Waals surface area contributed by atoms with Gasteiger partial charge in [0.15, 0.2) is 0 Å². The predicted octanol–water partition coefficient (Wildman–Crippen LogP) is 4.02. The van der Waals surface area contributed by atoms with Crippen LogP contribution in [0, 0.1) is 11.6 Å². The van der Waals surface area contributed by atoms with Gasteiger partial charge < -0.3 is 10.1 Å². The molecule has 0 heterocycles. The Bertz CT molecular complexity index is 682. The summed E-state index contributed by atoms with van der Waals surface area (Å²) in [4.78, 5) is 11.7. The number of benzene rings is 2. The number of carbonyl (C=O) groups is 1. The van der Waals surface area contributed by atoms with E-state index in [1.165, 1.54) is 12.1 Å². The maximum absolute atomic E-state index is 13.4. The van der Waals surface area contributed by atoms with E-state index in [0.717, 1.165) is 17.4 Å². The number of carbonyl (C=O) groups excluding carboxylic acids is 1. The molecular formula is C17H15F2NO2. The van der Waals surface area contributed by atoms with Crippen LogP contribution in [0.5, 0.6) is 5.75 Å². The van der Waals surface area contributed by atoms with Crippen molar-refractivity contribution in [2.75, 3.05) is 11.9 Å². The fraction of sp³-hybridized carbons (Fsp3) is 0.118. The van der Waals surface area contributed by atoms with Crippen LogP contribution < -0.4 is 10.1 Å². The molecule has 0 aliphatic heterocycles. The van der Waals surface area contributed by atoms with Crippen LogP contribution in [0.3, 0.4) is 0 Å². The van der Waals surface area contributed by atoms with Gasteiger partial charge in [0.25, 0.3) is 0 Å². The normalized spacial score (nSPS) is 10.7. The molecule has 2 rings (SSSR count). The van der Waals surface area contributed by atoms with Crippen molar-refractivity contribution in [2.24, 2.45) is 0 Å². The molecule has 3 nitrogen and oxygen atoms in total. The van der Waals surface area contributed by atoms with Crippen LogP contribution in [0.1, 0.15) is 12.5 Å². The van der Waals surface area contributed by atoms with Gasteiger partial charge in [-0.2, -0.15) is 0 Å². The molecule has 0 spiro atoms. The number of amides is 1. The molecule has 0 radical (unpaired) electrons. The van der Waals surface area contributed by atoms with Crippen LogP contribution in [-0.2, 0) is 4.79 Å². The van der Waals surface area contributed by atoms with Crippen molar-refractivity contribution in [3.05, 3.63) is 65.7 Å². The Morgan fingerprint density at radius 2 is 1.91 bits per heavy atom. The zero-order chi connectivity index (χ0) is 15.9. The van der Waals surface area contributed by atoms with E-state index < -0.39 is 17.5 Å². The van der Waals surface area contributed by atoms with Gasteiger partial charge in [0.05, 0.1) is 12.3 Å². The topological polar surface area (TPSA) is 38.3 Å². The molecule has 0 aliphatic carbocycles. The summed E-state index contributed by atoms with van der Waals surface area (Å²) in [5.74, 6) is -1.26. The average molecular weight is 303 g/mol. The van der Waals surface area contributed by atoms with E-state index in [-0.39, 0.29) is 5.69 Å². The number of nitrogens with one attached hydrogen (secondary N) is 1. The summed E-state index contributed by atoms with van der Waals surface area (Å²) >= 11 is 0. The van der Waals surface area contributed by atoms with Crippen LogP contribution in [0.25, 0.3) is 6.08 Å². The Hall–Kier alpha value is -2.69. The highest BCUT2D eigenvalue weighted by atomic mass is 19.1. The highest BCUT2D eigenvalue weighted by Crippen LogP contribution is 2.16. The molecule has 0 atom stereocenters. The third-order valence-electron chi connectivity index (χ3n) is 2.81. The molecule has 0 saturated carbocycles. The van der Waals surface area contributed by atoms with E-state index in [9.17, 15) is 13.6 Å². The highest BCUT2D eigenvalue weighted by Gasteiger charge is 2.05. The molecular weight excluding hydrogens is 288 g/mol. The van der Waals surface area contributed by atoms with Crippen LogP contribution in [0.2, 0.25) is 0 Å². The number of rotatable bonds is 5. The molecule has 1 amide bonds. The van der Waals surface area contributed by atoms with Crippen molar-refractivity contribution < 1.29 is 18.3 Å². The van der Waals surface area contributed by atoms with E-state index in [1.54, 1.807) is 30.3 Å². The monoisotopic (exact) mass is 303 g/mol. The number of halogens is 2. The lowest BCUT2D eigenvalue weighted by molar-refractivity contribution is -0.111. The second kappa shape index (κ2) is 7.36. The lowest BCUT2D eigenvalue weighted by Crippen LogP contribution is -2.09. The smallest absolute Gasteiger partial charge is 0.248 e. The summed E-state index contributed by atoms with van der Waals surface area (Å²) in [6.07, 6.45) is 2.87. The first-order valence-electron chi connectivity index (χ1n) is 6.75. The minimum Gasteiger partial charge on any atom is -0.494 e. The second-order valence-electron chi connectivity index (χ2n) is 4.45. The fourth-order valence-electron chi connectivity index (χ4n) is 1.78. The van der Waals surface area contributed by atoms with Gasteiger partial charge in [-0.15, -0.1) is 0 Å². The number of ether oxygens (including phenoxy) is 1.